The van der Waals surface area contributed by atoms with Gasteiger partial charge in [-0.05, 0) is 4.90 Å². The van der Waals surface area contributed by atoms with Crippen LogP contribution >= 0.6 is 0 Å². The number of benzene rings is 1. The number of nitrogens with zero attached hydrogens (tertiary/aromatic N) is 4. The Labute approximate surface area is 122 Å². The van der Waals surface area contributed by atoms with E-state index >= 15 is 0 Å². The van der Waals surface area contributed by atoms with Crippen molar-refractivity contribution < 1.29 is 19.4 Å². The number of fused-ring (bicyclic) bond motifs is 1. The van der Waals surface area contributed by atoms with E-state index in [1.807, 2.05) is 0 Å². The van der Waals surface area contributed by atoms with Crippen LogP contribution in [-0.4, -0.2) is 52.7 Å². The van der Waals surface area contributed by atoms with Crippen molar-refractivity contribution in [3.8, 4) is 0 Å². The van der Waals surface area contributed by atoms with Crippen LogP contribution in [0.1, 0.15) is 0 Å². The van der Waals surface area contributed by atoms with E-state index in [0.717, 1.165) is 12.1 Å². The minimum absolute atomic E-state index is 0. The maximum atomic E-state index is 10.9. The molecular weight excluding hydrogens is 264 g/mol. The summed E-state index contributed by atoms with van der Waals surface area (Å²) in [4.78, 5) is 19.2. The zero-order valence-corrected chi connectivity index (χ0v) is 7.39. The molecule has 2 rings (SSSR count). The van der Waals surface area contributed by atoms with Gasteiger partial charge in [0.15, 0.2) is 0 Å². The SMILES string of the molecule is O=[N+]([O-])c1ccc2c(no[n+]2[O-])c1[N+](=O)[O-].[CaH2]. The monoisotopic (exact) mass is 268 g/mol. The van der Waals surface area contributed by atoms with Crippen LogP contribution in [0.2, 0.25) is 0 Å². The molecule has 0 atom stereocenters. The molecule has 0 N–H and O–H groups in total. The number of nitro groups is 2. The van der Waals surface area contributed by atoms with Crippen molar-refractivity contribution in [2.75, 3.05) is 0 Å². The van der Waals surface area contributed by atoms with Crippen LogP contribution in [0.15, 0.2) is 16.8 Å². The molecule has 0 saturated carbocycles. The average Bonchev–Trinajstić information content (AvgIpc) is 2.58. The Morgan fingerprint density at radius 3 is 2.41 bits per heavy atom. The van der Waals surface area contributed by atoms with Crippen LogP contribution in [0, 0.1) is 25.4 Å². The summed E-state index contributed by atoms with van der Waals surface area (Å²) in [5, 5.41) is 35.2. The molecule has 0 amide bonds. The molecular formula is C6H4CaN4O6. The van der Waals surface area contributed by atoms with E-state index in [-0.39, 0.29) is 48.2 Å². The van der Waals surface area contributed by atoms with Crippen molar-refractivity contribution in [1.82, 2.24) is 5.16 Å². The van der Waals surface area contributed by atoms with Gasteiger partial charge in [-0.15, -0.1) is 0 Å². The number of nitro benzene ring substituents is 2. The predicted molar refractivity (Wildman–Crippen MR) is 54.8 cm³/mol. The third-order valence-corrected chi connectivity index (χ3v) is 1.89. The fraction of sp³-hybridized carbons (Fsp3) is 0. The van der Waals surface area contributed by atoms with Crippen LogP contribution in [0.4, 0.5) is 11.4 Å². The second-order valence-corrected chi connectivity index (χ2v) is 2.75. The molecule has 0 aliphatic rings. The van der Waals surface area contributed by atoms with E-state index in [1.54, 1.807) is 0 Å². The van der Waals surface area contributed by atoms with Gasteiger partial charge in [0, 0.05) is 12.1 Å². The van der Waals surface area contributed by atoms with Crippen LogP contribution in [-0.2, 0) is 0 Å². The summed E-state index contributed by atoms with van der Waals surface area (Å²) in [7, 11) is 0. The first-order chi connectivity index (χ1) is 7.52. The van der Waals surface area contributed by atoms with Crippen LogP contribution in [0.25, 0.3) is 11.0 Å². The van der Waals surface area contributed by atoms with Gasteiger partial charge in [0.05, 0.1) is 15.0 Å². The van der Waals surface area contributed by atoms with Crippen molar-refractivity contribution in [2.45, 2.75) is 0 Å². The fourth-order valence-electron chi connectivity index (χ4n) is 1.24. The van der Waals surface area contributed by atoms with Crippen LogP contribution < -0.4 is 4.90 Å². The first-order valence-electron chi connectivity index (χ1n) is 3.83. The molecule has 1 aromatic carbocycles. The van der Waals surface area contributed by atoms with Gasteiger partial charge in [0.2, 0.25) is 5.52 Å². The molecule has 0 radical (unpaired) electrons. The quantitative estimate of drug-likeness (QED) is 0.305. The topological polar surface area (TPSA) is 139 Å². The van der Waals surface area contributed by atoms with E-state index in [0.29, 0.717) is 0 Å². The second kappa shape index (κ2) is 4.77. The Bertz CT molecular complexity index is 610. The molecule has 11 heteroatoms. The predicted octanol–water partition coefficient (Wildman–Crippen LogP) is -0.639. The Balaban J connectivity index is 0.00000144. The van der Waals surface area contributed by atoms with Gasteiger partial charge in [-0.25, -0.2) is 0 Å². The molecule has 17 heavy (non-hydrogen) atoms. The van der Waals surface area contributed by atoms with Gasteiger partial charge >= 0.3 is 54.6 Å². The Kier molecular flexibility index (Phi) is 3.80. The van der Waals surface area contributed by atoms with Crippen molar-refractivity contribution >= 4 is 60.1 Å². The molecule has 0 saturated heterocycles. The molecule has 1 aromatic heterocycles. The third kappa shape index (κ3) is 2.14. The molecule has 0 aliphatic carbocycles. The van der Waals surface area contributed by atoms with Crippen molar-refractivity contribution in [1.29, 1.82) is 0 Å². The summed E-state index contributed by atoms with van der Waals surface area (Å²) in [5.74, 6) is 0. The van der Waals surface area contributed by atoms with Crippen LogP contribution in [0.3, 0.4) is 0 Å². The minimum atomic E-state index is -0.983. The maximum absolute atomic E-state index is 10.9. The summed E-state index contributed by atoms with van der Waals surface area (Å²) in [6, 6.07) is 1.88. The van der Waals surface area contributed by atoms with Gasteiger partial charge in [-0.2, -0.15) is 0 Å². The summed E-state index contributed by atoms with van der Waals surface area (Å²) in [6.07, 6.45) is 0. The molecule has 0 aliphatic heterocycles. The van der Waals surface area contributed by atoms with Crippen molar-refractivity contribution in [3.05, 3.63) is 37.6 Å². The van der Waals surface area contributed by atoms with Gasteiger partial charge in [-0.1, -0.05) is 0 Å². The number of hydrogen-bond acceptors (Lipinski definition) is 7. The van der Waals surface area contributed by atoms with Gasteiger partial charge in [-0.3, -0.25) is 24.9 Å². The molecule has 0 fully saturated rings. The number of aromatic nitrogens is 2. The fourth-order valence-corrected chi connectivity index (χ4v) is 1.24. The zero-order chi connectivity index (χ0) is 11.9. The zero-order valence-electron chi connectivity index (χ0n) is 7.39. The van der Waals surface area contributed by atoms with E-state index in [1.165, 1.54) is 0 Å². The van der Waals surface area contributed by atoms with E-state index in [4.69, 9.17) is 0 Å². The van der Waals surface area contributed by atoms with Gasteiger partial charge in [0.1, 0.15) is 0 Å². The molecule has 0 spiro atoms. The average molecular weight is 268 g/mol. The van der Waals surface area contributed by atoms with Gasteiger partial charge in [0.25, 0.3) is 0 Å². The Morgan fingerprint density at radius 2 is 1.88 bits per heavy atom. The Morgan fingerprint density at radius 1 is 1.24 bits per heavy atom. The second-order valence-electron chi connectivity index (χ2n) is 2.75. The number of rotatable bonds is 2. The number of hydrogen-bond donors (Lipinski definition) is 0. The summed E-state index contributed by atoms with van der Waals surface area (Å²) >= 11 is 0. The molecule has 2 aromatic rings. The van der Waals surface area contributed by atoms with Gasteiger partial charge < -0.3 is 5.21 Å². The third-order valence-electron chi connectivity index (χ3n) is 1.89. The first-order valence-corrected chi connectivity index (χ1v) is 3.83. The normalized spacial score (nSPS) is 9.88. The first kappa shape index (κ1) is 13.5. The molecule has 0 bridgehead atoms. The van der Waals surface area contributed by atoms with E-state index in [9.17, 15) is 25.4 Å². The van der Waals surface area contributed by atoms with Crippen molar-refractivity contribution in [2.24, 2.45) is 0 Å². The van der Waals surface area contributed by atoms with E-state index in [2.05, 4.69) is 9.79 Å². The standard InChI is InChI=1S/C6H2N4O6.Ca.2H/c11-8(12)4-2-1-3-5(6(4)9(13)14)7-16-10(3)15;;;/h1-2H;;;. The van der Waals surface area contributed by atoms with Crippen LogP contribution in [0.5, 0.6) is 0 Å². The van der Waals surface area contributed by atoms with Crippen molar-refractivity contribution in [3.63, 3.8) is 0 Å². The molecule has 0 unspecified atom stereocenters. The Hall–Kier alpha value is -1.52. The summed E-state index contributed by atoms with van der Waals surface area (Å²) < 4.78 is 4.12. The molecule has 1 heterocycles. The molecule has 86 valence electrons. The summed E-state index contributed by atoms with van der Waals surface area (Å²) in [6.45, 7) is 0. The summed E-state index contributed by atoms with van der Waals surface area (Å²) in [5.41, 5.74) is -2.29. The molecule has 10 nitrogen and oxygen atoms in total. The van der Waals surface area contributed by atoms with E-state index < -0.39 is 26.7 Å².